The normalized spacial score (nSPS) is 12.2. The highest BCUT2D eigenvalue weighted by Crippen LogP contribution is 2.24. The Morgan fingerprint density at radius 1 is 1.11 bits per heavy atom. The Kier molecular flexibility index (Phi) is 3.67. The fraction of sp³-hybridized carbons (Fsp3) is 0.188. The van der Waals surface area contributed by atoms with Crippen LogP contribution in [-0.4, -0.2) is 11.1 Å². The number of aryl methyl sites for hydroxylation is 2. The number of benzene rings is 2. The second-order valence-corrected chi connectivity index (χ2v) is 4.76. The first-order valence-electron chi connectivity index (χ1n) is 6.15. The Labute approximate surface area is 112 Å². The lowest BCUT2D eigenvalue weighted by atomic mass is 9.94. The molecule has 0 bridgehead atoms. The quantitative estimate of drug-likeness (QED) is 0.886. The highest BCUT2D eigenvalue weighted by molar-refractivity contribution is 5.87. The molecule has 0 fully saturated rings. The molecule has 98 valence electrons. The van der Waals surface area contributed by atoms with Crippen LogP contribution < -0.4 is 5.73 Å². The van der Waals surface area contributed by atoms with Crippen molar-refractivity contribution < 1.29 is 9.90 Å². The second kappa shape index (κ2) is 5.24. The van der Waals surface area contributed by atoms with E-state index >= 15 is 0 Å². The largest absolute Gasteiger partial charge is 0.478 e. The van der Waals surface area contributed by atoms with Crippen LogP contribution in [0.25, 0.3) is 0 Å². The molecule has 2 aromatic rings. The van der Waals surface area contributed by atoms with Gasteiger partial charge in [0.15, 0.2) is 0 Å². The molecule has 0 heterocycles. The van der Waals surface area contributed by atoms with Crippen LogP contribution >= 0.6 is 0 Å². The molecule has 0 radical (unpaired) electrons. The van der Waals surface area contributed by atoms with Crippen LogP contribution in [0.15, 0.2) is 42.5 Å². The van der Waals surface area contributed by atoms with Crippen molar-refractivity contribution in [3.8, 4) is 0 Å². The first-order valence-corrected chi connectivity index (χ1v) is 6.15. The van der Waals surface area contributed by atoms with Gasteiger partial charge in [-0.1, -0.05) is 35.9 Å². The van der Waals surface area contributed by atoms with Gasteiger partial charge in [-0.15, -0.1) is 0 Å². The van der Waals surface area contributed by atoms with E-state index in [-0.39, 0.29) is 11.6 Å². The van der Waals surface area contributed by atoms with E-state index in [2.05, 4.69) is 18.2 Å². The Morgan fingerprint density at radius 2 is 1.74 bits per heavy atom. The van der Waals surface area contributed by atoms with E-state index in [1.165, 1.54) is 5.56 Å². The molecule has 0 aliphatic carbocycles. The molecule has 19 heavy (non-hydrogen) atoms. The molecule has 0 saturated heterocycles. The van der Waals surface area contributed by atoms with Crippen molar-refractivity contribution in [2.45, 2.75) is 19.9 Å². The smallest absolute Gasteiger partial charge is 0.335 e. The van der Waals surface area contributed by atoms with Gasteiger partial charge in [-0.2, -0.15) is 0 Å². The number of hydrogen-bond acceptors (Lipinski definition) is 2. The van der Waals surface area contributed by atoms with Crippen molar-refractivity contribution in [2.75, 3.05) is 0 Å². The average molecular weight is 255 g/mol. The predicted octanol–water partition coefficient (Wildman–Crippen LogP) is 3.05. The van der Waals surface area contributed by atoms with Gasteiger partial charge >= 0.3 is 5.97 Å². The molecule has 1 unspecified atom stereocenters. The summed E-state index contributed by atoms with van der Waals surface area (Å²) in [7, 11) is 0. The van der Waals surface area contributed by atoms with Gasteiger partial charge in [0.2, 0.25) is 0 Å². The van der Waals surface area contributed by atoms with Crippen molar-refractivity contribution >= 4 is 5.97 Å². The van der Waals surface area contributed by atoms with Gasteiger partial charge in [0.05, 0.1) is 11.6 Å². The Balaban J connectivity index is 2.35. The fourth-order valence-corrected chi connectivity index (χ4v) is 2.11. The van der Waals surface area contributed by atoms with Crippen molar-refractivity contribution in [1.82, 2.24) is 0 Å². The highest BCUT2D eigenvalue weighted by atomic mass is 16.4. The molecule has 0 aromatic heterocycles. The molecule has 0 aliphatic rings. The summed E-state index contributed by atoms with van der Waals surface area (Å²) in [6.45, 7) is 4.06. The fourth-order valence-electron chi connectivity index (χ4n) is 2.11. The molecule has 0 aliphatic heterocycles. The summed E-state index contributed by atoms with van der Waals surface area (Å²) in [6.07, 6.45) is 0. The zero-order valence-corrected chi connectivity index (χ0v) is 11.1. The standard InChI is InChI=1S/C16H17NO2/c1-10-3-4-11(2)14(9-10)15(17)12-5-7-13(8-6-12)16(18)19/h3-9,15H,17H2,1-2H3,(H,18,19). The van der Waals surface area contributed by atoms with Gasteiger partial charge in [0.25, 0.3) is 0 Å². The Hall–Kier alpha value is -2.13. The van der Waals surface area contributed by atoms with Gasteiger partial charge in [0.1, 0.15) is 0 Å². The van der Waals surface area contributed by atoms with Gasteiger partial charge in [-0.05, 0) is 42.7 Å². The molecule has 2 aromatic carbocycles. The summed E-state index contributed by atoms with van der Waals surface area (Å²) in [5.41, 5.74) is 10.8. The first kappa shape index (κ1) is 13.3. The maximum Gasteiger partial charge on any atom is 0.335 e. The molecule has 3 N–H and O–H groups in total. The molecule has 2 rings (SSSR count). The van der Waals surface area contributed by atoms with E-state index in [4.69, 9.17) is 10.8 Å². The van der Waals surface area contributed by atoms with Crippen LogP contribution in [-0.2, 0) is 0 Å². The summed E-state index contributed by atoms with van der Waals surface area (Å²) in [4.78, 5) is 10.8. The topological polar surface area (TPSA) is 63.3 Å². The third-order valence-electron chi connectivity index (χ3n) is 3.29. The lowest BCUT2D eigenvalue weighted by molar-refractivity contribution is 0.0697. The number of aromatic carboxylic acids is 1. The molecule has 3 nitrogen and oxygen atoms in total. The van der Waals surface area contributed by atoms with Crippen molar-refractivity contribution in [1.29, 1.82) is 0 Å². The zero-order chi connectivity index (χ0) is 14.0. The van der Waals surface area contributed by atoms with Gasteiger partial charge < -0.3 is 10.8 Å². The lowest BCUT2D eigenvalue weighted by Crippen LogP contribution is -2.13. The molecule has 1 atom stereocenters. The van der Waals surface area contributed by atoms with Gasteiger partial charge in [0, 0.05) is 0 Å². The number of carboxylic acids is 1. The lowest BCUT2D eigenvalue weighted by Gasteiger charge is -2.16. The van der Waals surface area contributed by atoms with Gasteiger partial charge in [-0.3, -0.25) is 0 Å². The Bertz CT molecular complexity index is 603. The number of hydrogen-bond donors (Lipinski definition) is 2. The Morgan fingerprint density at radius 3 is 2.32 bits per heavy atom. The third kappa shape index (κ3) is 2.83. The monoisotopic (exact) mass is 255 g/mol. The summed E-state index contributed by atoms with van der Waals surface area (Å²) in [5.74, 6) is -0.924. The number of rotatable bonds is 3. The van der Waals surface area contributed by atoms with Crippen LogP contribution in [0.4, 0.5) is 0 Å². The summed E-state index contributed by atoms with van der Waals surface area (Å²) >= 11 is 0. The second-order valence-electron chi connectivity index (χ2n) is 4.76. The summed E-state index contributed by atoms with van der Waals surface area (Å²) in [5, 5.41) is 8.88. The van der Waals surface area contributed by atoms with E-state index in [0.29, 0.717) is 0 Å². The zero-order valence-electron chi connectivity index (χ0n) is 11.1. The SMILES string of the molecule is Cc1ccc(C)c(C(N)c2ccc(C(=O)O)cc2)c1. The van der Waals surface area contributed by atoms with Crippen LogP contribution in [0.2, 0.25) is 0 Å². The van der Waals surface area contributed by atoms with E-state index in [0.717, 1.165) is 16.7 Å². The number of carbonyl (C=O) groups is 1. The van der Waals surface area contributed by atoms with Crippen LogP contribution in [0.3, 0.4) is 0 Å². The average Bonchev–Trinajstić information content (AvgIpc) is 2.41. The van der Waals surface area contributed by atoms with Crippen molar-refractivity contribution in [3.63, 3.8) is 0 Å². The van der Waals surface area contributed by atoms with Crippen molar-refractivity contribution in [2.24, 2.45) is 5.73 Å². The minimum absolute atomic E-state index is 0.234. The third-order valence-corrected chi connectivity index (χ3v) is 3.29. The maximum atomic E-state index is 10.8. The molecule has 0 saturated carbocycles. The summed E-state index contributed by atoms with van der Waals surface area (Å²) < 4.78 is 0. The van der Waals surface area contributed by atoms with E-state index < -0.39 is 5.97 Å². The maximum absolute atomic E-state index is 10.8. The minimum Gasteiger partial charge on any atom is -0.478 e. The number of nitrogens with two attached hydrogens (primary N) is 1. The van der Waals surface area contributed by atoms with Crippen molar-refractivity contribution in [3.05, 3.63) is 70.3 Å². The minimum atomic E-state index is -0.924. The van der Waals surface area contributed by atoms with E-state index in [1.807, 2.05) is 13.8 Å². The first-order chi connectivity index (χ1) is 8.99. The molecule has 0 amide bonds. The van der Waals surface area contributed by atoms with E-state index in [1.54, 1.807) is 24.3 Å². The number of carboxylic acid groups (broad SMARTS) is 1. The molecular weight excluding hydrogens is 238 g/mol. The molecule has 3 heteroatoms. The van der Waals surface area contributed by atoms with Crippen LogP contribution in [0, 0.1) is 13.8 Å². The predicted molar refractivity (Wildman–Crippen MR) is 75.3 cm³/mol. The van der Waals surface area contributed by atoms with E-state index in [9.17, 15) is 4.79 Å². The van der Waals surface area contributed by atoms with Gasteiger partial charge in [-0.25, -0.2) is 4.79 Å². The summed E-state index contributed by atoms with van der Waals surface area (Å²) in [6, 6.07) is 12.7. The van der Waals surface area contributed by atoms with Crippen LogP contribution in [0.5, 0.6) is 0 Å². The highest BCUT2D eigenvalue weighted by Gasteiger charge is 2.12. The molecular formula is C16H17NO2. The molecule has 0 spiro atoms. The van der Waals surface area contributed by atoms with Crippen LogP contribution in [0.1, 0.15) is 38.7 Å².